The van der Waals surface area contributed by atoms with E-state index in [0.717, 1.165) is 36.8 Å². The van der Waals surface area contributed by atoms with E-state index in [1.165, 1.54) is 30.2 Å². The van der Waals surface area contributed by atoms with Crippen molar-refractivity contribution in [2.75, 3.05) is 13.1 Å². The van der Waals surface area contributed by atoms with Crippen molar-refractivity contribution in [3.63, 3.8) is 0 Å². The fourth-order valence-corrected chi connectivity index (χ4v) is 8.10. The molecule has 0 spiro atoms. The van der Waals surface area contributed by atoms with E-state index in [-0.39, 0.29) is 29.8 Å². The summed E-state index contributed by atoms with van der Waals surface area (Å²) < 4.78 is 0. The number of para-hydroxylation sites is 1. The third-order valence-corrected chi connectivity index (χ3v) is 9.58. The topological polar surface area (TPSA) is 56.4 Å². The third kappa shape index (κ3) is 4.88. The van der Waals surface area contributed by atoms with Crippen LogP contribution in [-0.4, -0.2) is 45.7 Å². The van der Waals surface area contributed by atoms with Crippen LogP contribution in [0.25, 0.3) is 10.9 Å². The number of benzene rings is 2. The highest BCUT2D eigenvalue weighted by Gasteiger charge is 2.56. The van der Waals surface area contributed by atoms with E-state index in [0.29, 0.717) is 30.8 Å². The van der Waals surface area contributed by atoms with Gasteiger partial charge in [0, 0.05) is 36.2 Å². The molecule has 3 aromatic rings. The summed E-state index contributed by atoms with van der Waals surface area (Å²) in [5, 5.41) is 1.21. The first kappa shape index (κ1) is 25.2. The summed E-state index contributed by atoms with van der Waals surface area (Å²) >= 11 is 0. The van der Waals surface area contributed by atoms with Crippen LogP contribution in [0.15, 0.2) is 60.8 Å². The molecule has 0 aliphatic heterocycles. The lowest BCUT2D eigenvalue weighted by Gasteiger charge is -2.57. The number of nitrogens with one attached hydrogen (secondary N) is 1. The quantitative estimate of drug-likeness (QED) is 0.372. The zero-order chi connectivity index (χ0) is 26.3. The van der Waals surface area contributed by atoms with E-state index in [4.69, 9.17) is 0 Å². The second-order valence-corrected chi connectivity index (χ2v) is 12.6. The van der Waals surface area contributed by atoms with E-state index in [1.807, 2.05) is 34.1 Å². The van der Waals surface area contributed by atoms with Gasteiger partial charge in [0.05, 0.1) is 5.41 Å². The third-order valence-electron chi connectivity index (χ3n) is 9.58. The summed E-state index contributed by atoms with van der Waals surface area (Å²) in [5.41, 5.74) is 3.23. The van der Waals surface area contributed by atoms with Crippen molar-refractivity contribution in [3.8, 4) is 0 Å². The largest absolute Gasteiger partial charge is 0.361 e. The van der Waals surface area contributed by atoms with Gasteiger partial charge >= 0.3 is 0 Å². The number of aromatic nitrogens is 1. The van der Waals surface area contributed by atoms with E-state index < -0.39 is 0 Å². The van der Waals surface area contributed by atoms with E-state index in [9.17, 15) is 9.59 Å². The Balaban J connectivity index is 1.21. The number of rotatable bonds is 9. The van der Waals surface area contributed by atoms with Crippen LogP contribution >= 0.6 is 0 Å². The molecule has 200 valence electrons. The van der Waals surface area contributed by atoms with Crippen LogP contribution < -0.4 is 0 Å². The molecule has 1 aromatic heterocycles. The molecule has 4 saturated carbocycles. The van der Waals surface area contributed by atoms with Crippen LogP contribution in [0.2, 0.25) is 0 Å². The average molecular weight is 512 g/mol. The first-order chi connectivity index (χ1) is 18.4. The summed E-state index contributed by atoms with van der Waals surface area (Å²) in [6.45, 7) is 5.48. The second-order valence-electron chi connectivity index (χ2n) is 12.6. The maximum Gasteiger partial charge on any atom is 0.242 e. The number of carbonyl (C=O) groups is 2. The minimum atomic E-state index is -0.229. The van der Waals surface area contributed by atoms with Gasteiger partial charge in [-0.3, -0.25) is 9.59 Å². The molecule has 0 saturated heterocycles. The number of hydrogen-bond donors (Lipinski definition) is 1. The SMILES string of the molecule is CC(C)N(CC(=O)N(CCc1c[nH]c2ccccc12)Cc1ccccc1)C(=O)C12CC3CC(CC(C3)C1)C2. The second kappa shape index (κ2) is 10.2. The molecule has 0 unspecified atom stereocenters. The van der Waals surface area contributed by atoms with Gasteiger partial charge in [0.1, 0.15) is 6.54 Å². The lowest BCUT2D eigenvalue weighted by molar-refractivity contribution is -0.162. The Labute approximate surface area is 226 Å². The number of amides is 2. The first-order valence-corrected chi connectivity index (χ1v) is 14.6. The Morgan fingerprint density at radius 1 is 0.921 bits per heavy atom. The molecule has 2 aromatic carbocycles. The summed E-state index contributed by atoms with van der Waals surface area (Å²) in [7, 11) is 0. The van der Waals surface area contributed by atoms with Gasteiger partial charge in [-0.1, -0.05) is 48.5 Å². The molecule has 5 nitrogen and oxygen atoms in total. The predicted molar refractivity (Wildman–Crippen MR) is 151 cm³/mol. The number of H-pyrrole nitrogens is 1. The summed E-state index contributed by atoms with van der Waals surface area (Å²) in [6, 6.07) is 18.5. The lowest BCUT2D eigenvalue weighted by Crippen LogP contribution is -2.57. The maximum absolute atomic E-state index is 14.2. The van der Waals surface area contributed by atoms with E-state index >= 15 is 0 Å². The standard InChI is InChI=1S/C33H41N3O2/c1-23(2)36(32(38)33-17-25-14-26(18-33)16-27(15-25)19-33)22-31(37)35(21-24-8-4-3-5-9-24)13-12-28-20-34-30-11-7-6-10-29(28)30/h3-11,20,23,25-27,34H,12-19,21-22H2,1-2H3. The summed E-state index contributed by atoms with van der Waals surface area (Å²) in [5.74, 6) is 2.42. The van der Waals surface area contributed by atoms with E-state index in [2.05, 4.69) is 55.4 Å². The van der Waals surface area contributed by atoms with Crippen molar-refractivity contribution in [1.29, 1.82) is 0 Å². The van der Waals surface area contributed by atoms with Gasteiger partial charge in [0.25, 0.3) is 0 Å². The minimum Gasteiger partial charge on any atom is -0.361 e. The molecule has 1 heterocycles. The Kier molecular flexibility index (Phi) is 6.79. The molecule has 4 aliphatic rings. The summed E-state index contributed by atoms with van der Waals surface area (Å²) in [4.78, 5) is 35.4. The Bertz CT molecular complexity index is 1260. The highest BCUT2D eigenvalue weighted by Crippen LogP contribution is 2.60. The van der Waals surface area contributed by atoms with Crippen molar-refractivity contribution in [2.24, 2.45) is 23.2 Å². The molecule has 4 bridgehead atoms. The average Bonchev–Trinajstić information content (AvgIpc) is 3.32. The molecule has 4 aliphatic carbocycles. The monoisotopic (exact) mass is 511 g/mol. The molecule has 4 fully saturated rings. The fraction of sp³-hybridized carbons (Fsp3) is 0.515. The maximum atomic E-state index is 14.2. The van der Waals surface area contributed by atoms with Crippen LogP contribution in [0.1, 0.15) is 63.5 Å². The Morgan fingerprint density at radius 2 is 1.55 bits per heavy atom. The van der Waals surface area contributed by atoms with Crippen molar-refractivity contribution in [1.82, 2.24) is 14.8 Å². The van der Waals surface area contributed by atoms with Gasteiger partial charge in [-0.25, -0.2) is 0 Å². The van der Waals surface area contributed by atoms with Crippen LogP contribution in [0, 0.1) is 23.2 Å². The molecular weight excluding hydrogens is 470 g/mol. The Morgan fingerprint density at radius 3 is 2.21 bits per heavy atom. The molecule has 0 atom stereocenters. The smallest absolute Gasteiger partial charge is 0.242 e. The van der Waals surface area contributed by atoms with Gasteiger partial charge in [-0.15, -0.1) is 0 Å². The van der Waals surface area contributed by atoms with Crippen LogP contribution in [0.3, 0.4) is 0 Å². The Hall–Kier alpha value is -3.08. The highest BCUT2D eigenvalue weighted by molar-refractivity contribution is 5.89. The molecule has 1 N–H and O–H groups in total. The van der Waals surface area contributed by atoms with Gasteiger partial charge in [-0.2, -0.15) is 0 Å². The number of fused-ring (bicyclic) bond motifs is 1. The van der Waals surface area contributed by atoms with Crippen LogP contribution in [0.5, 0.6) is 0 Å². The van der Waals surface area contributed by atoms with Crippen molar-refractivity contribution in [2.45, 2.75) is 71.4 Å². The normalized spacial score (nSPS) is 25.7. The fourth-order valence-electron chi connectivity index (χ4n) is 8.10. The van der Waals surface area contributed by atoms with Crippen molar-refractivity contribution < 1.29 is 9.59 Å². The van der Waals surface area contributed by atoms with Crippen molar-refractivity contribution >= 4 is 22.7 Å². The lowest BCUT2D eigenvalue weighted by atomic mass is 9.49. The van der Waals surface area contributed by atoms with Gasteiger partial charge in [0.2, 0.25) is 11.8 Å². The summed E-state index contributed by atoms with van der Waals surface area (Å²) in [6.07, 6.45) is 9.86. The number of carbonyl (C=O) groups excluding carboxylic acids is 2. The molecule has 0 radical (unpaired) electrons. The molecule has 2 amide bonds. The highest BCUT2D eigenvalue weighted by atomic mass is 16.2. The van der Waals surface area contributed by atoms with Gasteiger partial charge in [-0.05, 0) is 93.7 Å². The zero-order valence-electron chi connectivity index (χ0n) is 22.9. The number of nitrogens with zero attached hydrogens (tertiary/aromatic N) is 2. The van der Waals surface area contributed by atoms with Gasteiger partial charge < -0.3 is 14.8 Å². The zero-order valence-corrected chi connectivity index (χ0v) is 22.9. The van der Waals surface area contributed by atoms with E-state index in [1.54, 1.807) is 0 Å². The number of hydrogen-bond acceptors (Lipinski definition) is 2. The predicted octanol–water partition coefficient (Wildman–Crippen LogP) is 6.19. The molecule has 5 heteroatoms. The molecular formula is C33H41N3O2. The van der Waals surface area contributed by atoms with Gasteiger partial charge in [0.15, 0.2) is 0 Å². The minimum absolute atomic E-state index is 0.00615. The number of aromatic amines is 1. The van der Waals surface area contributed by atoms with Crippen molar-refractivity contribution in [3.05, 3.63) is 71.9 Å². The van der Waals surface area contributed by atoms with Crippen LogP contribution in [0.4, 0.5) is 0 Å². The molecule has 38 heavy (non-hydrogen) atoms. The van der Waals surface area contributed by atoms with Crippen LogP contribution in [-0.2, 0) is 22.6 Å². The molecule has 7 rings (SSSR count). The first-order valence-electron chi connectivity index (χ1n) is 14.6.